The Labute approximate surface area is 79.7 Å². The molecule has 0 heterocycles. The summed E-state index contributed by atoms with van der Waals surface area (Å²) in [6.45, 7) is 0. The van der Waals surface area contributed by atoms with Crippen molar-refractivity contribution in [1.29, 1.82) is 0 Å². The molecule has 0 bridgehead atoms. The van der Waals surface area contributed by atoms with Gasteiger partial charge < -0.3 is 0 Å². The van der Waals surface area contributed by atoms with Crippen molar-refractivity contribution in [1.82, 2.24) is 0 Å². The number of phenolic OH excluding ortho intramolecular Hbond substituents is 1. The molecule has 0 aliphatic heterocycles. The molecule has 54 valence electrons. The first-order valence-corrected chi connectivity index (χ1v) is 4.70. The van der Waals surface area contributed by atoms with Crippen molar-refractivity contribution in [2.45, 2.75) is 0 Å². The predicted octanol–water partition coefficient (Wildman–Crippen LogP) is 0.818. The molecule has 0 saturated heterocycles. The predicted molar refractivity (Wildman–Crippen MR) is 38.2 cm³/mol. The Bertz CT molecular complexity index is 259. The molecule has 0 spiro atoms. The van der Waals surface area contributed by atoms with Gasteiger partial charge in [0.05, 0.1) is 0 Å². The number of rotatable bonds is 2. The summed E-state index contributed by atoms with van der Waals surface area (Å²) in [5, 5.41) is 8.86. The van der Waals surface area contributed by atoms with Gasteiger partial charge in [0, 0.05) is 0 Å². The van der Waals surface area contributed by atoms with Crippen LogP contribution in [0.1, 0.15) is 0 Å². The molecular formula is C6H5NO3Tl+. The average molecular weight is 343 g/mol. The molecule has 5 heteroatoms. The van der Waals surface area contributed by atoms with Gasteiger partial charge in [0.15, 0.2) is 0 Å². The van der Waals surface area contributed by atoms with Crippen LogP contribution in [0.5, 0.6) is 5.75 Å². The van der Waals surface area contributed by atoms with Gasteiger partial charge in [-0.25, -0.2) is 0 Å². The minimum absolute atomic E-state index is 0.137. The first-order chi connectivity index (χ1) is 5.24. The Balaban J connectivity index is 2.90. The monoisotopic (exact) mass is 344 g/mol. The summed E-state index contributed by atoms with van der Waals surface area (Å²) in [6, 6.07) is 5.85. The molecule has 1 N–H and O–H groups in total. The molecule has 1 rings (SSSR count). The van der Waals surface area contributed by atoms with Gasteiger partial charge in [0.25, 0.3) is 0 Å². The first kappa shape index (κ1) is 8.44. The molecule has 1 aromatic carbocycles. The van der Waals surface area contributed by atoms with Crippen LogP contribution in [-0.2, 0) is 2.79 Å². The second-order valence-electron chi connectivity index (χ2n) is 1.88. The van der Waals surface area contributed by atoms with E-state index < -0.39 is 0 Å². The molecule has 0 aliphatic carbocycles. The molecule has 4 nitrogen and oxygen atoms in total. The second kappa shape index (κ2) is 3.65. The summed E-state index contributed by atoms with van der Waals surface area (Å²) in [7, 11) is 0. The number of hydrogen-bond acceptors (Lipinski definition) is 3. The zero-order valence-electron chi connectivity index (χ0n) is 5.60. The summed E-state index contributed by atoms with van der Waals surface area (Å²) in [5.74, 6) is 0.137. The van der Waals surface area contributed by atoms with E-state index in [1.807, 2.05) is 0 Å². The van der Waals surface area contributed by atoms with Gasteiger partial charge in [-0.1, -0.05) is 0 Å². The van der Waals surface area contributed by atoms with Crippen molar-refractivity contribution in [3.8, 4) is 5.75 Å². The fraction of sp³-hybridized carbons (Fsp3) is 0. The Morgan fingerprint density at radius 2 is 1.91 bits per heavy atom. The maximum absolute atomic E-state index is 10.8. The third-order valence-corrected chi connectivity index (χ3v) is 1.90. The van der Waals surface area contributed by atoms with E-state index in [4.69, 9.17) is 5.11 Å². The summed E-state index contributed by atoms with van der Waals surface area (Å²) < 4.78 is 4.54. The van der Waals surface area contributed by atoms with Crippen LogP contribution in [0.3, 0.4) is 0 Å². The van der Waals surface area contributed by atoms with Crippen molar-refractivity contribution in [2.24, 2.45) is 0 Å². The van der Waals surface area contributed by atoms with Crippen molar-refractivity contribution in [2.75, 3.05) is 0 Å². The molecule has 0 fully saturated rings. The molecule has 0 amide bonds. The van der Waals surface area contributed by atoms with E-state index in [9.17, 15) is 4.91 Å². The Hall–Kier alpha value is -0.658. The van der Waals surface area contributed by atoms with Crippen LogP contribution < -0.4 is 0 Å². The van der Waals surface area contributed by atoms with Crippen LogP contribution in [0.4, 0.5) is 5.69 Å². The Kier molecular flexibility index (Phi) is 2.80. The number of aromatic hydroxyl groups is 1. The fourth-order valence-corrected chi connectivity index (χ4v) is 1.11. The average Bonchev–Trinajstić information content (AvgIpc) is 2.05. The number of phenols is 1. The van der Waals surface area contributed by atoms with Gasteiger partial charge in [0.1, 0.15) is 0 Å². The SMILES string of the molecule is O=[N+]([O][Tl])c1ccc(O)cc1. The van der Waals surface area contributed by atoms with Crippen LogP contribution in [-0.4, -0.2) is 36.2 Å². The van der Waals surface area contributed by atoms with Gasteiger partial charge in [-0.2, -0.15) is 0 Å². The topological polar surface area (TPSA) is 49.5 Å². The van der Waals surface area contributed by atoms with Crippen molar-refractivity contribution >= 4 is 31.9 Å². The van der Waals surface area contributed by atoms with Crippen molar-refractivity contribution in [3.63, 3.8) is 0 Å². The van der Waals surface area contributed by atoms with Gasteiger partial charge in [-0.3, -0.25) is 0 Å². The third kappa shape index (κ3) is 2.14. The van der Waals surface area contributed by atoms with Crippen molar-refractivity contribution < 1.29 is 12.8 Å². The van der Waals surface area contributed by atoms with E-state index in [-0.39, 0.29) is 32.0 Å². The molecule has 0 saturated carbocycles. The van der Waals surface area contributed by atoms with E-state index in [1.165, 1.54) is 24.3 Å². The molecular weight excluding hydrogens is 338 g/mol. The van der Waals surface area contributed by atoms with Crippen molar-refractivity contribution in [3.05, 3.63) is 29.2 Å². The van der Waals surface area contributed by atoms with Crippen LogP contribution >= 0.6 is 0 Å². The van der Waals surface area contributed by atoms with E-state index in [2.05, 4.69) is 2.79 Å². The molecule has 0 unspecified atom stereocenters. The van der Waals surface area contributed by atoms with E-state index in [1.54, 1.807) is 0 Å². The van der Waals surface area contributed by atoms with E-state index >= 15 is 0 Å². The van der Waals surface area contributed by atoms with Crippen LogP contribution in [0.2, 0.25) is 0 Å². The number of benzene rings is 1. The summed E-state index contributed by atoms with van der Waals surface area (Å²) in [4.78, 5) is 11.2. The summed E-state index contributed by atoms with van der Waals surface area (Å²) >= 11 is 0.173. The van der Waals surface area contributed by atoms with Gasteiger partial charge >= 0.3 is 79.6 Å². The number of hydrogen-bond donors (Lipinski definition) is 1. The first-order valence-electron chi connectivity index (χ1n) is 2.87. The van der Waals surface area contributed by atoms with Gasteiger partial charge in [-0.15, -0.1) is 0 Å². The van der Waals surface area contributed by atoms with Crippen LogP contribution in [0.25, 0.3) is 0 Å². The summed E-state index contributed by atoms with van der Waals surface area (Å²) in [6.07, 6.45) is 0. The second-order valence-corrected chi connectivity index (χ2v) is 2.70. The number of nitrogens with zero attached hydrogens (tertiary/aromatic N) is 1. The Morgan fingerprint density at radius 3 is 2.36 bits per heavy atom. The molecule has 0 aromatic heterocycles. The van der Waals surface area contributed by atoms with E-state index in [0.29, 0.717) is 10.6 Å². The quantitative estimate of drug-likeness (QED) is 0.639. The minimum atomic E-state index is 0.137. The standard InChI is InChI=1S/C6H5NO3.Tl/c8-6-3-1-5(2-4-6)7(9)10;/h1-4,8H;/q;+1. The summed E-state index contributed by atoms with van der Waals surface area (Å²) in [5.41, 5.74) is 0.394. The molecule has 0 aliphatic rings. The maximum atomic E-state index is 10.8. The third-order valence-electron chi connectivity index (χ3n) is 1.16. The molecule has 11 heavy (non-hydrogen) atoms. The molecule has 0 atom stereocenters. The molecule has 0 radical (unpaired) electrons. The fourth-order valence-electron chi connectivity index (χ4n) is 0.635. The zero-order valence-corrected chi connectivity index (χ0v) is 10.1. The zero-order chi connectivity index (χ0) is 8.27. The van der Waals surface area contributed by atoms with Crippen LogP contribution in [0.15, 0.2) is 24.3 Å². The van der Waals surface area contributed by atoms with E-state index in [0.717, 1.165) is 0 Å². The van der Waals surface area contributed by atoms with Gasteiger partial charge in [0.2, 0.25) is 0 Å². The normalized spacial score (nSPS) is 9.00. The molecule has 1 aromatic rings. The Morgan fingerprint density at radius 1 is 1.36 bits per heavy atom. The van der Waals surface area contributed by atoms with Crippen LogP contribution in [0, 0.1) is 4.91 Å². The van der Waals surface area contributed by atoms with Gasteiger partial charge in [-0.05, 0) is 0 Å².